The van der Waals surface area contributed by atoms with Crippen molar-refractivity contribution in [3.05, 3.63) is 41.5 Å². The molecule has 1 aliphatic heterocycles. The molecule has 0 saturated heterocycles. The Hall–Kier alpha value is -1.57. The van der Waals surface area contributed by atoms with E-state index in [1.54, 1.807) is 0 Å². The second-order valence-corrected chi connectivity index (χ2v) is 5.58. The zero-order valence-corrected chi connectivity index (χ0v) is 12.1. The fourth-order valence-corrected chi connectivity index (χ4v) is 2.54. The zero-order chi connectivity index (χ0) is 13.8. The minimum absolute atomic E-state index is 0.216. The van der Waals surface area contributed by atoms with Crippen molar-refractivity contribution in [2.24, 2.45) is 5.92 Å². The number of nitrogens with zero attached hydrogens (tertiary/aromatic N) is 1. The van der Waals surface area contributed by atoms with Crippen molar-refractivity contribution < 1.29 is 4.79 Å². The number of rotatable bonds is 5. The van der Waals surface area contributed by atoms with Gasteiger partial charge in [-0.05, 0) is 30.9 Å². The highest BCUT2D eigenvalue weighted by molar-refractivity contribution is 6.01. The van der Waals surface area contributed by atoms with Gasteiger partial charge < -0.3 is 4.90 Å². The van der Waals surface area contributed by atoms with Crippen molar-refractivity contribution in [1.29, 1.82) is 0 Å². The summed E-state index contributed by atoms with van der Waals surface area (Å²) in [7, 11) is 0. The molecular formula is C17H23NO. The molecule has 0 saturated carbocycles. The number of fused-ring (bicyclic) bond motifs is 1. The fraction of sp³-hybridized carbons (Fsp3) is 0.471. The first-order valence-corrected chi connectivity index (χ1v) is 7.15. The molecule has 0 aliphatic carbocycles. The minimum atomic E-state index is 0.216. The Kier molecular flexibility index (Phi) is 4.41. The van der Waals surface area contributed by atoms with Crippen LogP contribution in [-0.4, -0.2) is 12.5 Å². The van der Waals surface area contributed by atoms with Crippen LogP contribution < -0.4 is 4.90 Å². The van der Waals surface area contributed by atoms with Crippen molar-refractivity contribution in [3.63, 3.8) is 0 Å². The SMILES string of the molecule is CCC(C)C/C(C)=C\CN1C(=O)Cc2ccccc21. The second kappa shape index (κ2) is 6.05. The minimum Gasteiger partial charge on any atom is -0.308 e. The summed E-state index contributed by atoms with van der Waals surface area (Å²) in [4.78, 5) is 13.9. The van der Waals surface area contributed by atoms with E-state index in [1.165, 1.54) is 12.0 Å². The van der Waals surface area contributed by atoms with Crippen molar-refractivity contribution in [2.45, 2.75) is 40.0 Å². The van der Waals surface area contributed by atoms with Gasteiger partial charge in [-0.1, -0.05) is 50.1 Å². The van der Waals surface area contributed by atoms with E-state index in [0.29, 0.717) is 13.0 Å². The van der Waals surface area contributed by atoms with Gasteiger partial charge in [0.2, 0.25) is 5.91 Å². The molecule has 0 aromatic heterocycles. The third kappa shape index (κ3) is 3.25. The van der Waals surface area contributed by atoms with E-state index in [0.717, 1.165) is 23.6 Å². The maximum absolute atomic E-state index is 12.0. The largest absolute Gasteiger partial charge is 0.308 e. The lowest BCUT2D eigenvalue weighted by molar-refractivity contribution is -0.117. The van der Waals surface area contributed by atoms with Crippen molar-refractivity contribution in [3.8, 4) is 0 Å². The van der Waals surface area contributed by atoms with Crippen molar-refractivity contribution >= 4 is 11.6 Å². The number of carbonyl (C=O) groups excluding carboxylic acids is 1. The summed E-state index contributed by atoms with van der Waals surface area (Å²) in [5.41, 5.74) is 3.62. The number of carbonyl (C=O) groups is 1. The molecule has 1 atom stereocenters. The van der Waals surface area contributed by atoms with Gasteiger partial charge in [0.1, 0.15) is 0 Å². The molecule has 1 aromatic rings. The molecule has 1 aromatic carbocycles. The summed E-state index contributed by atoms with van der Waals surface area (Å²) in [6, 6.07) is 8.08. The van der Waals surface area contributed by atoms with Gasteiger partial charge in [0.15, 0.2) is 0 Å². The standard InChI is InChI=1S/C17H23NO/c1-4-13(2)11-14(3)9-10-18-16-8-6-5-7-15(16)12-17(18)19/h5-9,13H,4,10-12H2,1-3H3/b14-9-. The summed E-state index contributed by atoms with van der Waals surface area (Å²) >= 11 is 0. The molecule has 2 heteroatoms. The monoisotopic (exact) mass is 257 g/mol. The van der Waals surface area contributed by atoms with E-state index < -0.39 is 0 Å². The first-order valence-electron chi connectivity index (χ1n) is 7.15. The van der Waals surface area contributed by atoms with Crippen LogP contribution in [0.15, 0.2) is 35.9 Å². The van der Waals surface area contributed by atoms with Crippen LogP contribution in [0.25, 0.3) is 0 Å². The molecule has 1 heterocycles. The molecule has 0 fully saturated rings. The Morgan fingerprint density at radius 3 is 2.89 bits per heavy atom. The highest BCUT2D eigenvalue weighted by Crippen LogP contribution is 2.28. The van der Waals surface area contributed by atoms with Crippen LogP contribution in [0.2, 0.25) is 0 Å². The van der Waals surface area contributed by atoms with E-state index in [2.05, 4.69) is 26.8 Å². The number of allylic oxidation sites excluding steroid dienone is 1. The van der Waals surface area contributed by atoms with Gasteiger partial charge in [0, 0.05) is 12.2 Å². The van der Waals surface area contributed by atoms with E-state index in [4.69, 9.17) is 0 Å². The Bertz CT molecular complexity index is 490. The number of amides is 1. The van der Waals surface area contributed by atoms with Crippen LogP contribution >= 0.6 is 0 Å². The van der Waals surface area contributed by atoms with Crippen molar-refractivity contribution in [2.75, 3.05) is 11.4 Å². The molecule has 1 aliphatic rings. The molecule has 2 nitrogen and oxygen atoms in total. The van der Waals surface area contributed by atoms with Crippen LogP contribution in [0.1, 0.15) is 39.2 Å². The molecule has 0 spiro atoms. The number of para-hydroxylation sites is 1. The van der Waals surface area contributed by atoms with Crippen LogP contribution in [0.4, 0.5) is 5.69 Å². The van der Waals surface area contributed by atoms with Crippen LogP contribution in [-0.2, 0) is 11.2 Å². The van der Waals surface area contributed by atoms with Gasteiger partial charge in [0.25, 0.3) is 0 Å². The predicted molar refractivity (Wildman–Crippen MR) is 80.3 cm³/mol. The third-order valence-electron chi connectivity index (χ3n) is 3.91. The molecule has 19 heavy (non-hydrogen) atoms. The lowest BCUT2D eigenvalue weighted by Gasteiger charge is -2.16. The molecule has 102 valence electrons. The van der Waals surface area contributed by atoms with Crippen LogP contribution in [0.5, 0.6) is 0 Å². The van der Waals surface area contributed by atoms with Gasteiger partial charge in [-0.15, -0.1) is 0 Å². The molecule has 0 radical (unpaired) electrons. The van der Waals surface area contributed by atoms with Gasteiger partial charge in [-0.2, -0.15) is 0 Å². The van der Waals surface area contributed by atoms with E-state index >= 15 is 0 Å². The second-order valence-electron chi connectivity index (χ2n) is 5.58. The van der Waals surface area contributed by atoms with Crippen LogP contribution in [0.3, 0.4) is 0 Å². The summed E-state index contributed by atoms with van der Waals surface area (Å²) in [6.45, 7) is 7.36. The van der Waals surface area contributed by atoms with E-state index in [-0.39, 0.29) is 5.91 Å². The maximum Gasteiger partial charge on any atom is 0.231 e. The fourth-order valence-electron chi connectivity index (χ4n) is 2.54. The van der Waals surface area contributed by atoms with Crippen LogP contribution in [0, 0.1) is 5.92 Å². The number of hydrogen-bond acceptors (Lipinski definition) is 1. The highest BCUT2D eigenvalue weighted by atomic mass is 16.2. The Morgan fingerprint density at radius 2 is 2.16 bits per heavy atom. The third-order valence-corrected chi connectivity index (χ3v) is 3.91. The molecule has 1 unspecified atom stereocenters. The summed E-state index contributed by atoms with van der Waals surface area (Å²) < 4.78 is 0. The van der Waals surface area contributed by atoms with E-state index in [9.17, 15) is 4.79 Å². The average Bonchev–Trinajstić information content (AvgIpc) is 2.71. The highest BCUT2D eigenvalue weighted by Gasteiger charge is 2.25. The number of anilines is 1. The van der Waals surface area contributed by atoms with Gasteiger partial charge in [-0.25, -0.2) is 0 Å². The zero-order valence-electron chi connectivity index (χ0n) is 12.1. The van der Waals surface area contributed by atoms with Gasteiger partial charge in [-0.3, -0.25) is 4.79 Å². The van der Waals surface area contributed by atoms with Crippen molar-refractivity contribution in [1.82, 2.24) is 0 Å². The Morgan fingerprint density at radius 1 is 1.42 bits per heavy atom. The summed E-state index contributed by atoms with van der Waals surface area (Å²) in [5, 5.41) is 0. The lowest BCUT2D eigenvalue weighted by Crippen LogP contribution is -2.26. The predicted octanol–water partition coefficient (Wildman–Crippen LogP) is 3.96. The number of hydrogen-bond donors (Lipinski definition) is 0. The van der Waals surface area contributed by atoms with Gasteiger partial charge in [0.05, 0.1) is 6.42 Å². The maximum atomic E-state index is 12.0. The molecule has 2 rings (SSSR count). The average molecular weight is 257 g/mol. The lowest BCUT2D eigenvalue weighted by atomic mass is 10.00. The topological polar surface area (TPSA) is 20.3 Å². The Labute approximate surface area is 116 Å². The number of benzene rings is 1. The molecule has 0 N–H and O–H groups in total. The van der Waals surface area contributed by atoms with Gasteiger partial charge >= 0.3 is 0 Å². The molecular weight excluding hydrogens is 234 g/mol. The smallest absolute Gasteiger partial charge is 0.231 e. The summed E-state index contributed by atoms with van der Waals surface area (Å²) in [5.74, 6) is 0.937. The quantitative estimate of drug-likeness (QED) is 0.731. The molecule has 1 amide bonds. The summed E-state index contributed by atoms with van der Waals surface area (Å²) in [6.07, 6.45) is 5.08. The first kappa shape index (κ1) is 13.9. The normalized spacial score (nSPS) is 16.7. The van der Waals surface area contributed by atoms with E-state index in [1.807, 2.05) is 29.2 Å². The first-order chi connectivity index (χ1) is 9.11. The molecule has 0 bridgehead atoms. The Balaban J connectivity index is 2.04.